The monoisotopic (exact) mass is 373 g/mol. The van der Waals surface area contributed by atoms with Crippen molar-refractivity contribution in [2.24, 2.45) is 0 Å². The van der Waals surface area contributed by atoms with Gasteiger partial charge in [0.1, 0.15) is 6.61 Å². The number of hydrogen-bond donors (Lipinski definition) is 1. The van der Waals surface area contributed by atoms with Gasteiger partial charge < -0.3 is 10.1 Å². The van der Waals surface area contributed by atoms with Gasteiger partial charge in [0.05, 0.1) is 11.3 Å². The first-order valence-corrected chi connectivity index (χ1v) is 8.77. The molecule has 0 saturated heterocycles. The molecule has 0 unspecified atom stereocenters. The van der Waals surface area contributed by atoms with Crippen molar-refractivity contribution in [2.45, 2.75) is 13.5 Å². The molecule has 3 aromatic carbocycles. The number of ketones is 1. The summed E-state index contributed by atoms with van der Waals surface area (Å²) in [5, 5.41) is 2.61. The van der Waals surface area contributed by atoms with Crippen LogP contribution in [0.25, 0.3) is 0 Å². The maximum absolute atomic E-state index is 12.6. The number of amides is 1. The van der Waals surface area contributed by atoms with E-state index in [1.165, 1.54) is 6.92 Å². The maximum atomic E-state index is 12.6. The number of para-hydroxylation sites is 1. The van der Waals surface area contributed by atoms with Crippen LogP contribution in [0, 0.1) is 0 Å². The number of hydrogen-bond acceptors (Lipinski definition) is 4. The van der Waals surface area contributed by atoms with Gasteiger partial charge in [0.25, 0.3) is 0 Å². The third-order valence-corrected chi connectivity index (χ3v) is 4.05. The molecule has 0 aliphatic heterocycles. The Morgan fingerprint density at radius 1 is 0.821 bits per heavy atom. The summed E-state index contributed by atoms with van der Waals surface area (Å²) < 4.78 is 5.38. The molecule has 3 rings (SSSR count). The van der Waals surface area contributed by atoms with E-state index < -0.39 is 5.97 Å². The van der Waals surface area contributed by atoms with E-state index in [0.717, 1.165) is 0 Å². The Hall–Kier alpha value is -3.73. The van der Waals surface area contributed by atoms with Crippen LogP contribution in [0.1, 0.15) is 38.8 Å². The van der Waals surface area contributed by atoms with Crippen molar-refractivity contribution in [1.29, 1.82) is 0 Å². The number of carbonyl (C=O) groups is 3. The molecule has 3 aromatic rings. The molecule has 0 fully saturated rings. The van der Waals surface area contributed by atoms with Crippen molar-refractivity contribution >= 4 is 23.3 Å². The van der Waals surface area contributed by atoms with E-state index in [1.807, 2.05) is 18.2 Å². The van der Waals surface area contributed by atoms with Gasteiger partial charge in [-0.3, -0.25) is 9.59 Å². The first-order valence-electron chi connectivity index (χ1n) is 8.77. The van der Waals surface area contributed by atoms with Crippen molar-refractivity contribution < 1.29 is 19.1 Å². The quantitative estimate of drug-likeness (QED) is 0.518. The summed E-state index contributed by atoms with van der Waals surface area (Å²) >= 11 is 0. The van der Waals surface area contributed by atoms with Crippen LogP contribution in [-0.4, -0.2) is 17.7 Å². The van der Waals surface area contributed by atoms with Gasteiger partial charge in [-0.15, -0.1) is 0 Å². The topological polar surface area (TPSA) is 72.5 Å². The van der Waals surface area contributed by atoms with Gasteiger partial charge >= 0.3 is 5.97 Å². The van der Waals surface area contributed by atoms with Crippen molar-refractivity contribution in [3.05, 3.63) is 101 Å². The Morgan fingerprint density at radius 3 is 2.25 bits per heavy atom. The predicted octanol–water partition coefficient (Wildman–Crippen LogP) is 4.23. The largest absolute Gasteiger partial charge is 0.457 e. The van der Waals surface area contributed by atoms with Gasteiger partial charge in [-0.25, -0.2) is 4.79 Å². The highest BCUT2D eigenvalue weighted by atomic mass is 16.5. The number of carbonyl (C=O) groups excluding carboxylic acids is 3. The predicted molar refractivity (Wildman–Crippen MR) is 106 cm³/mol. The molecule has 28 heavy (non-hydrogen) atoms. The van der Waals surface area contributed by atoms with E-state index in [1.54, 1.807) is 60.7 Å². The lowest BCUT2D eigenvalue weighted by Crippen LogP contribution is -2.13. The standard InChI is InChI=1S/C23H19NO4/c1-16(25)24-21-13-6-5-12-20(21)23(27)28-15-17-8-7-11-19(14-17)22(26)18-9-3-2-4-10-18/h2-14H,15H2,1H3,(H,24,25). The van der Waals surface area contributed by atoms with Gasteiger partial charge in [-0.05, 0) is 23.8 Å². The second-order valence-corrected chi connectivity index (χ2v) is 6.20. The molecule has 0 aliphatic rings. The van der Waals surface area contributed by atoms with E-state index in [4.69, 9.17) is 4.74 Å². The normalized spacial score (nSPS) is 10.2. The first-order chi connectivity index (χ1) is 13.5. The van der Waals surface area contributed by atoms with Crippen LogP contribution < -0.4 is 5.32 Å². The number of ether oxygens (including phenoxy) is 1. The van der Waals surface area contributed by atoms with E-state index >= 15 is 0 Å². The highest BCUT2D eigenvalue weighted by Crippen LogP contribution is 2.18. The Labute approximate surface area is 163 Å². The van der Waals surface area contributed by atoms with Gasteiger partial charge in [-0.2, -0.15) is 0 Å². The zero-order valence-electron chi connectivity index (χ0n) is 15.3. The molecule has 1 amide bonds. The van der Waals surface area contributed by atoms with Crippen LogP contribution in [0.4, 0.5) is 5.69 Å². The molecule has 0 bridgehead atoms. The van der Waals surface area contributed by atoms with E-state index in [-0.39, 0.29) is 23.9 Å². The van der Waals surface area contributed by atoms with Crippen molar-refractivity contribution in [1.82, 2.24) is 0 Å². The average molecular weight is 373 g/mol. The van der Waals surface area contributed by atoms with Gasteiger partial charge in [0, 0.05) is 18.1 Å². The molecule has 0 heterocycles. The van der Waals surface area contributed by atoms with Crippen LogP contribution in [-0.2, 0) is 16.1 Å². The summed E-state index contributed by atoms with van der Waals surface area (Å²) in [6.45, 7) is 1.39. The zero-order valence-corrected chi connectivity index (χ0v) is 15.3. The molecule has 0 aliphatic carbocycles. The number of anilines is 1. The number of nitrogens with one attached hydrogen (secondary N) is 1. The first kappa shape index (κ1) is 19.0. The highest BCUT2D eigenvalue weighted by molar-refractivity contribution is 6.09. The smallest absolute Gasteiger partial charge is 0.340 e. The Kier molecular flexibility index (Phi) is 5.97. The van der Waals surface area contributed by atoms with E-state index in [2.05, 4.69) is 5.32 Å². The molecule has 0 spiro atoms. The Morgan fingerprint density at radius 2 is 1.50 bits per heavy atom. The average Bonchev–Trinajstić information content (AvgIpc) is 2.72. The molecule has 140 valence electrons. The Bertz CT molecular complexity index is 1010. The van der Waals surface area contributed by atoms with Gasteiger partial charge in [0.2, 0.25) is 5.91 Å². The lowest BCUT2D eigenvalue weighted by Gasteiger charge is -2.10. The fourth-order valence-electron chi connectivity index (χ4n) is 2.74. The zero-order chi connectivity index (χ0) is 19.9. The van der Waals surface area contributed by atoms with Gasteiger partial charge in [-0.1, -0.05) is 60.7 Å². The summed E-state index contributed by atoms with van der Waals surface area (Å²) in [5.41, 5.74) is 2.49. The summed E-state index contributed by atoms with van der Waals surface area (Å²) in [6.07, 6.45) is 0. The second-order valence-electron chi connectivity index (χ2n) is 6.20. The maximum Gasteiger partial charge on any atom is 0.340 e. The Balaban J connectivity index is 1.71. The third-order valence-electron chi connectivity index (χ3n) is 4.05. The van der Waals surface area contributed by atoms with Crippen molar-refractivity contribution in [3.8, 4) is 0 Å². The number of benzene rings is 3. The van der Waals surface area contributed by atoms with Crippen LogP contribution in [0.15, 0.2) is 78.9 Å². The summed E-state index contributed by atoms with van der Waals surface area (Å²) in [6, 6.07) is 22.6. The number of esters is 1. The van der Waals surface area contributed by atoms with E-state index in [0.29, 0.717) is 22.4 Å². The van der Waals surface area contributed by atoms with Crippen LogP contribution in [0.3, 0.4) is 0 Å². The van der Waals surface area contributed by atoms with Crippen LogP contribution >= 0.6 is 0 Å². The lowest BCUT2D eigenvalue weighted by molar-refractivity contribution is -0.114. The molecule has 5 nitrogen and oxygen atoms in total. The lowest BCUT2D eigenvalue weighted by atomic mass is 10.0. The summed E-state index contributed by atoms with van der Waals surface area (Å²) in [5.74, 6) is -0.915. The minimum Gasteiger partial charge on any atom is -0.457 e. The SMILES string of the molecule is CC(=O)Nc1ccccc1C(=O)OCc1cccc(C(=O)c2ccccc2)c1. The molecular formula is C23H19NO4. The van der Waals surface area contributed by atoms with Crippen molar-refractivity contribution in [2.75, 3.05) is 5.32 Å². The third kappa shape index (κ3) is 4.71. The van der Waals surface area contributed by atoms with Crippen molar-refractivity contribution in [3.63, 3.8) is 0 Å². The van der Waals surface area contributed by atoms with E-state index in [9.17, 15) is 14.4 Å². The molecule has 1 N–H and O–H groups in total. The molecular weight excluding hydrogens is 354 g/mol. The minimum absolute atomic E-state index is 0.0170. The molecule has 0 radical (unpaired) electrons. The van der Waals surface area contributed by atoms with Gasteiger partial charge in [0.15, 0.2) is 5.78 Å². The fourth-order valence-corrected chi connectivity index (χ4v) is 2.74. The molecule has 0 atom stereocenters. The molecule has 0 saturated carbocycles. The number of rotatable bonds is 6. The summed E-state index contributed by atoms with van der Waals surface area (Å²) in [4.78, 5) is 36.3. The van der Waals surface area contributed by atoms with Crippen LogP contribution in [0.2, 0.25) is 0 Å². The highest BCUT2D eigenvalue weighted by Gasteiger charge is 2.14. The molecule has 0 aromatic heterocycles. The molecule has 5 heteroatoms. The second kappa shape index (κ2) is 8.77. The fraction of sp³-hybridized carbons (Fsp3) is 0.0870. The summed E-state index contributed by atoms with van der Waals surface area (Å²) in [7, 11) is 0. The minimum atomic E-state index is -0.552. The van der Waals surface area contributed by atoms with Crippen LogP contribution in [0.5, 0.6) is 0 Å².